The summed E-state index contributed by atoms with van der Waals surface area (Å²) < 4.78 is 3.51. The molecule has 0 saturated heterocycles. The van der Waals surface area contributed by atoms with Crippen LogP contribution in [0.3, 0.4) is 0 Å². The van der Waals surface area contributed by atoms with Crippen LogP contribution in [0.1, 0.15) is 16.5 Å². The third kappa shape index (κ3) is 3.32. The van der Waals surface area contributed by atoms with Gasteiger partial charge < -0.3 is 5.32 Å². The SMILES string of the molecule is CNC(c1cccc(I)c1)c1cc(Br)c(Br)s1. The summed E-state index contributed by atoms with van der Waals surface area (Å²) in [5.74, 6) is 0. The van der Waals surface area contributed by atoms with Crippen LogP contribution in [0.4, 0.5) is 0 Å². The average Bonchev–Trinajstić information content (AvgIpc) is 2.60. The maximum atomic E-state index is 3.54. The van der Waals surface area contributed by atoms with Crippen molar-refractivity contribution in [2.24, 2.45) is 0 Å². The van der Waals surface area contributed by atoms with Gasteiger partial charge in [0.25, 0.3) is 0 Å². The Morgan fingerprint density at radius 3 is 2.59 bits per heavy atom. The molecule has 1 unspecified atom stereocenters. The van der Waals surface area contributed by atoms with E-state index in [0.29, 0.717) is 0 Å². The number of benzene rings is 1. The molecular formula is C12H10Br2INS. The van der Waals surface area contributed by atoms with Crippen LogP contribution in [0, 0.1) is 3.57 Å². The Balaban J connectivity index is 2.39. The van der Waals surface area contributed by atoms with Gasteiger partial charge in [0.05, 0.1) is 9.83 Å². The molecule has 1 nitrogen and oxygen atoms in total. The summed E-state index contributed by atoms with van der Waals surface area (Å²) in [5.41, 5.74) is 1.29. The molecule has 0 radical (unpaired) electrons. The van der Waals surface area contributed by atoms with Crippen LogP contribution >= 0.6 is 65.8 Å². The molecule has 1 aromatic carbocycles. The van der Waals surface area contributed by atoms with Gasteiger partial charge in [0.1, 0.15) is 0 Å². The summed E-state index contributed by atoms with van der Waals surface area (Å²) in [6, 6.07) is 11.0. The first kappa shape index (κ1) is 14.0. The summed E-state index contributed by atoms with van der Waals surface area (Å²) in [4.78, 5) is 1.30. The lowest BCUT2D eigenvalue weighted by molar-refractivity contribution is 0.703. The Bertz CT molecular complexity index is 507. The van der Waals surface area contributed by atoms with Crippen molar-refractivity contribution in [1.82, 2.24) is 5.32 Å². The highest BCUT2D eigenvalue weighted by atomic mass is 127. The summed E-state index contributed by atoms with van der Waals surface area (Å²) in [6.45, 7) is 0. The molecule has 0 fully saturated rings. The molecular weight excluding hydrogens is 477 g/mol. The number of halogens is 3. The third-order valence-corrected chi connectivity index (χ3v) is 6.41. The summed E-state index contributed by atoms with van der Waals surface area (Å²) in [5, 5.41) is 3.37. The summed E-state index contributed by atoms with van der Waals surface area (Å²) >= 11 is 11.2. The monoisotopic (exact) mass is 485 g/mol. The van der Waals surface area contributed by atoms with E-state index in [4.69, 9.17) is 0 Å². The Morgan fingerprint density at radius 2 is 2.06 bits per heavy atom. The predicted octanol–water partition coefficient (Wildman–Crippen LogP) is 5.19. The predicted molar refractivity (Wildman–Crippen MR) is 89.8 cm³/mol. The second kappa shape index (κ2) is 6.14. The minimum absolute atomic E-state index is 0.248. The average molecular weight is 487 g/mol. The van der Waals surface area contributed by atoms with E-state index in [9.17, 15) is 0 Å². The van der Waals surface area contributed by atoms with E-state index in [1.54, 1.807) is 11.3 Å². The van der Waals surface area contributed by atoms with E-state index in [-0.39, 0.29) is 6.04 Å². The normalized spacial score (nSPS) is 12.7. The zero-order chi connectivity index (χ0) is 12.4. The lowest BCUT2D eigenvalue weighted by Gasteiger charge is -2.15. The molecule has 0 amide bonds. The lowest BCUT2D eigenvalue weighted by atomic mass is 10.1. The van der Waals surface area contributed by atoms with E-state index in [2.05, 4.69) is 90.1 Å². The standard InChI is InChI=1S/C12H10Br2INS/c1-16-11(7-3-2-4-8(15)5-7)10-6-9(13)12(14)17-10/h2-6,11,16H,1H3. The lowest BCUT2D eigenvalue weighted by Crippen LogP contribution is -2.16. The first-order chi connectivity index (χ1) is 8.11. The first-order valence-electron chi connectivity index (χ1n) is 4.99. The zero-order valence-corrected chi connectivity index (χ0v) is 15.2. The van der Waals surface area contributed by atoms with Crippen LogP contribution < -0.4 is 5.32 Å². The molecule has 1 heterocycles. The van der Waals surface area contributed by atoms with Crippen molar-refractivity contribution in [3.63, 3.8) is 0 Å². The van der Waals surface area contributed by atoms with Crippen LogP contribution in [0.15, 0.2) is 38.6 Å². The van der Waals surface area contributed by atoms with Crippen molar-refractivity contribution in [2.45, 2.75) is 6.04 Å². The minimum Gasteiger partial charge on any atom is -0.309 e. The number of thiophene rings is 1. The van der Waals surface area contributed by atoms with E-state index < -0.39 is 0 Å². The van der Waals surface area contributed by atoms with Crippen LogP contribution in [0.2, 0.25) is 0 Å². The number of hydrogen-bond acceptors (Lipinski definition) is 2. The molecule has 0 aliphatic heterocycles. The molecule has 2 rings (SSSR count). The molecule has 0 saturated carbocycles. The minimum atomic E-state index is 0.248. The maximum absolute atomic E-state index is 3.54. The fourth-order valence-electron chi connectivity index (χ4n) is 1.66. The Morgan fingerprint density at radius 1 is 1.29 bits per heavy atom. The number of rotatable bonds is 3. The fraction of sp³-hybridized carbons (Fsp3) is 0.167. The Kier molecular flexibility index (Phi) is 5.06. The van der Waals surface area contributed by atoms with Gasteiger partial charge in [-0.25, -0.2) is 0 Å². The quantitative estimate of drug-likeness (QED) is 0.589. The van der Waals surface area contributed by atoms with E-state index in [1.165, 1.54) is 14.0 Å². The van der Waals surface area contributed by atoms with Crippen LogP contribution in [-0.4, -0.2) is 7.05 Å². The van der Waals surface area contributed by atoms with Gasteiger partial charge in [-0.1, -0.05) is 12.1 Å². The van der Waals surface area contributed by atoms with Crippen molar-refractivity contribution in [3.05, 3.63) is 52.6 Å². The molecule has 17 heavy (non-hydrogen) atoms. The van der Waals surface area contributed by atoms with Crippen molar-refractivity contribution >= 4 is 65.8 Å². The van der Waals surface area contributed by atoms with Crippen molar-refractivity contribution in [3.8, 4) is 0 Å². The Labute approximate surface area is 135 Å². The molecule has 1 N–H and O–H groups in total. The second-order valence-electron chi connectivity index (χ2n) is 3.55. The first-order valence-corrected chi connectivity index (χ1v) is 8.47. The number of nitrogens with one attached hydrogen (secondary N) is 1. The molecule has 1 atom stereocenters. The molecule has 2 aromatic rings. The largest absolute Gasteiger partial charge is 0.309 e. The molecule has 0 spiro atoms. The molecule has 0 aliphatic carbocycles. The third-order valence-electron chi connectivity index (χ3n) is 2.42. The van der Waals surface area contributed by atoms with Gasteiger partial charge in [0, 0.05) is 12.9 Å². The van der Waals surface area contributed by atoms with Crippen LogP contribution in [0.25, 0.3) is 0 Å². The molecule has 90 valence electrons. The smallest absolute Gasteiger partial charge is 0.0843 e. The molecule has 0 bridgehead atoms. The highest BCUT2D eigenvalue weighted by Gasteiger charge is 2.16. The topological polar surface area (TPSA) is 12.0 Å². The van der Waals surface area contributed by atoms with Gasteiger partial charge in [-0.2, -0.15) is 0 Å². The van der Waals surface area contributed by atoms with Gasteiger partial charge in [0.15, 0.2) is 0 Å². The zero-order valence-electron chi connectivity index (χ0n) is 9.01. The van der Waals surface area contributed by atoms with Crippen molar-refractivity contribution < 1.29 is 0 Å². The van der Waals surface area contributed by atoms with Gasteiger partial charge in [-0.3, -0.25) is 0 Å². The van der Waals surface area contributed by atoms with Crippen LogP contribution in [0.5, 0.6) is 0 Å². The molecule has 1 aromatic heterocycles. The fourth-order valence-corrected chi connectivity index (χ4v) is 4.46. The highest BCUT2D eigenvalue weighted by Crippen LogP contribution is 2.37. The van der Waals surface area contributed by atoms with E-state index in [0.717, 1.165) is 8.26 Å². The van der Waals surface area contributed by atoms with E-state index >= 15 is 0 Å². The maximum Gasteiger partial charge on any atom is 0.0843 e. The Hall–Kier alpha value is 0.570. The van der Waals surface area contributed by atoms with Crippen molar-refractivity contribution in [2.75, 3.05) is 7.05 Å². The molecule has 0 aliphatic rings. The highest BCUT2D eigenvalue weighted by molar-refractivity contribution is 14.1. The summed E-state index contributed by atoms with van der Waals surface area (Å²) in [6.07, 6.45) is 0. The van der Waals surface area contributed by atoms with Gasteiger partial charge >= 0.3 is 0 Å². The van der Waals surface area contributed by atoms with Gasteiger partial charge in [0.2, 0.25) is 0 Å². The molecule has 5 heteroatoms. The van der Waals surface area contributed by atoms with E-state index in [1.807, 2.05) is 7.05 Å². The van der Waals surface area contributed by atoms with Crippen LogP contribution in [-0.2, 0) is 0 Å². The second-order valence-corrected chi connectivity index (χ2v) is 8.05. The van der Waals surface area contributed by atoms with Gasteiger partial charge in [-0.15, -0.1) is 11.3 Å². The number of hydrogen-bond donors (Lipinski definition) is 1. The van der Waals surface area contributed by atoms with Gasteiger partial charge in [-0.05, 0) is 85.3 Å². The van der Waals surface area contributed by atoms with Crippen molar-refractivity contribution in [1.29, 1.82) is 0 Å². The summed E-state index contributed by atoms with van der Waals surface area (Å²) in [7, 11) is 1.99.